The Morgan fingerprint density at radius 3 is 2.12 bits per heavy atom. The molecule has 4 unspecified atom stereocenters. The maximum absolute atomic E-state index is 12.2. The molecule has 0 saturated carbocycles. The van der Waals surface area contributed by atoms with Crippen molar-refractivity contribution in [1.82, 2.24) is 10.6 Å². The van der Waals surface area contributed by atoms with E-state index >= 15 is 0 Å². The molecule has 6 N–H and O–H groups in total. The fraction of sp³-hybridized carbons (Fsp3) is 0.714. The summed E-state index contributed by atoms with van der Waals surface area (Å²) < 4.78 is 0. The van der Waals surface area contributed by atoms with E-state index in [0.29, 0.717) is 6.42 Å². The van der Waals surface area contributed by atoms with Crippen LogP contribution in [0.2, 0.25) is 0 Å². The Bertz CT molecular complexity index is 473. The van der Waals surface area contributed by atoms with Crippen molar-refractivity contribution >= 4 is 36.4 Å². The van der Waals surface area contributed by atoms with E-state index in [-0.39, 0.29) is 24.5 Å². The van der Waals surface area contributed by atoms with Crippen LogP contribution in [0, 0.1) is 5.92 Å². The Morgan fingerprint density at radius 1 is 1.12 bits per heavy atom. The summed E-state index contributed by atoms with van der Waals surface area (Å²) in [6.07, 6.45) is 0.198. The molecule has 0 aromatic heterocycles. The number of carboxylic acid groups (broad SMARTS) is 2. The predicted octanol–water partition coefficient (Wildman–Crippen LogP) is -0.791. The number of aliphatic carboxylic acids is 2. The zero-order valence-corrected chi connectivity index (χ0v) is 14.6. The van der Waals surface area contributed by atoms with Gasteiger partial charge < -0.3 is 26.6 Å². The SMILES string of the molecule is CCC(C)C(NC(=O)C(CS)NC(=O)C(N)CCC(=O)O)C(=O)O. The van der Waals surface area contributed by atoms with Gasteiger partial charge in [-0.25, -0.2) is 4.79 Å². The summed E-state index contributed by atoms with van der Waals surface area (Å²) in [5.41, 5.74) is 5.56. The molecule has 9 nitrogen and oxygen atoms in total. The van der Waals surface area contributed by atoms with Crippen LogP contribution < -0.4 is 16.4 Å². The molecule has 0 saturated heterocycles. The number of hydrogen-bond donors (Lipinski definition) is 6. The summed E-state index contributed by atoms with van der Waals surface area (Å²) in [5.74, 6) is -3.98. The van der Waals surface area contributed by atoms with Crippen LogP contribution in [0.4, 0.5) is 0 Å². The molecule has 10 heteroatoms. The minimum atomic E-state index is -1.17. The van der Waals surface area contributed by atoms with Gasteiger partial charge in [-0.05, 0) is 12.3 Å². The highest BCUT2D eigenvalue weighted by atomic mass is 32.1. The Balaban J connectivity index is 4.76. The molecule has 0 bridgehead atoms. The molecular formula is C14H25N3O6S. The largest absolute Gasteiger partial charge is 0.481 e. The van der Waals surface area contributed by atoms with E-state index in [0.717, 1.165) is 0 Å². The third-order valence-electron chi connectivity index (χ3n) is 3.60. The monoisotopic (exact) mass is 363 g/mol. The Hall–Kier alpha value is -1.81. The van der Waals surface area contributed by atoms with Gasteiger partial charge >= 0.3 is 11.9 Å². The predicted molar refractivity (Wildman–Crippen MR) is 89.7 cm³/mol. The van der Waals surface area contributed by atoms with E-state index in [1.54, 1.807) is 13.8 Å². The second-order valence-corrected chi connectivity index (χ2v) is 5.86. The van der Waals surface area contributed by atoms with Crippen LogP contribution in [0.5, 0.6) is 0 Å². The van der Waals surface area contributed by atoms with Crippen LogP contribution in [0.15, 0.2) is 0 Å². The third kappa shape index (κ3) is 7.64. The lowest BCUT2D eigenvalue weighted by Gasteiger charge is -2.24. The van der Waals surface area contributed by atoms with Crippen molar-refractivity contribution in [3.63, 3.8) is 0 Å². The lowest BCUT2D eigenvalue weighted by atomic mass is 9.99. The molecule has 2 amide bonds. The number of nitrogens with one attached hydrogen (secondary N) is 2. The molecule has 0 aromatic rings. The summed E-state index contributed by atoms with van der Waals surface area (Å²) >= 11 is 3.97. The van der Waals surface area contributed by atoms with Gasteiger partial charge in [0.2, 0.25) is 11.8 Å². The van der Waals surface area contributed by atoms with Gasteiger partial charge in [0.1, 0.15) is 12.1 Å². The Morgan fingerprint density at radius 2 is 1.71 bits per heavy atom. The zero-order chi connectivity index (χ0) is 18.9. The quantitative estimate of drug-likeness (QED) is 0.262. The van der Waals surface area contributed by atoms with Crippen LogP contribution >= 0.6 is 12.6 Å². The van der Waals surface area contributed by atoms with Gasteiger partial charge in [0.05, 0.1) is 6.04 Å². The van der Waals surface area contributed by atoms with Crippen molar-refractivity contribution in [2.75, 3.05) is 5.75 Å². The molecular weight excluding hydrogens is 338 g/mol. The first-order valence-electron chi connectivity index (χ1n) is 7.55. The molecule has 0 fully saturated rings. The van der Waals surface area contributed by atoms with Crippen molar-refractivity contribution in [2.45, 2.75) is 51.2 Å². The molecule has 0 heterocycles. The standard InChI is InChI=1S/C14H25N3O6S/c1-3-7(2)11(14(22)23)17-13(21)9(6-24)16-12(20)8(15)4-5-10(18)19/h7-9,11,24H,3-6,15H2,1-2H3,(H,16,20)(H,17,21)(H,18,19)(H,22,23). The first-order chi connectivity index (χ1) is 11.1. The minimum Gasteiger partial charge on any atom is -0.481 e. The second-order valence-electron chi connectivity index (χ2n) is 5.49. The highest BCUT2D eigenvalue weighted by Gasteiger charge is 2.29. The van der Waals surface area contributed by atoms with E-state index in [4.69, 9.17) is 10.8 Å². The molecule has 4 atom stereocenters. The van der Waals surface area contributed by atoms with E-state index in [2.05, 4.69) is 23.3 Å². The average Bonchev–Trinajstić information content (AvgIpc) is 2.53. The topological polar surface area (TPSA) is 159 Å². The molecule has 0 aromatic carbocycles. The van der Waals surface area contributed by atoms with Gasteiger partial charge in [-0.3, -0.25) is 14.4 Å². The van der Waals surface area contributed by atoms with Crippen LogP contribution in [0.25, 0.3) is 0 Å². The van der Waals surface area contributed by atoms with Gasteiger partial charge in [-0.15, -0.1) is 0 Å². The fourth-order valence-corrected chi connectivity index (χ4v) is 2.08. The molecule has 0 aliphatic carbocycles. The smallest absolute Gasteiger partial charge is 0.326 e. The van der Waals surface area contributed by atoms with Gasteiger partial charge in [0, 0.05) is 12.2 Å². The lowest BCUT2D eigenvalue weighted by Crippen LogP contribution is -2.56. The molecule has 0 aliphatic rings. The Kier molecular flexibility index (Phi) is 10.0. The number of hydrogen-bond acceptors (Lipinski definition) is 6. The van der Waals surface area contributed by atoms with Crippen molar-refractivity contribution < 1.29 is 29.4 Å². The molecule has 138 valence electrons. The summed E-state index contributed by atoms with van der Waals surface area (Å²) in [4.78, 5) is 45.7. The van der Waals surface area contributed by atoms with Gasteiger partial charge in [0.25, 0.3) is 0 Å². The van der Waals surface area contributed by atoms with E-state index in [9.17, 15) is 24.3 Å². The van der Waals surface area contributed by atoms with Crippen LogP contribution in [0.1, 0.15) is 33.1 Å². The number of nitrogens with two attached hydrogens (primary N) is 1. The van der Waals surface area contributed by atoms with Crippen molar-refractivity contribution in [3.8, 4) is 0 Å². The maximum Gasteiger partial charge on any atom is 0.326 e. The fourth-order valence-electron chi connectivity index (χ4n) is 1.82. The number of carbonyl (C=O) groups excluding carboxylic acids is 2. The summed E-state index contributed by atoms with van der Waals surface area (Å²) in [7, 11) is 0. The average molecular weight is 363 g/mol. The molecule has 0 aliphatic heterocycles. The molecule has 0 spiro atoms. The van der Waals surface area contributed by atoms with Crippen LogP contribution in [0.3, 0.4) is 0 Å². The van der Waals surface area contributed by atoms with E-state index in [1.165, 1.54) is 0 Å². The van der Waals surface area contributed by atoms with Crippen LogP contribution in [-0.4, -0.2) is 57.8 Å². The molecule has 0 radical (unpaired) electrons. The van der Waals surface area contributed by atoms with Gasteiger partial charge in [-0.2, -0.15) is 12.6 Å². The van der Waals surface area contributed by atoms with Crippen LogP contribution in [-0.2, 0) is 19.2 Å². The summed E-state index contributed by atoms with van der Waals surface area (Å²) in [5, 5.41) is 22.5. The van der Waals surface area contributed by atoms with Crippen molar-refractivity contribution in [2.24, 2.45) is 11.7 Å². The van der Waals surface area contributed by atoms with Gasteiger partial charge in [0.15, 0.2) is 0 Å². The highest BCUT2D eigenvalue weighted by Crippen LogP contribution is 2.08. The van der Waals surface area contributed by atoms with Gasteiger partial charge in [-0.1, -0.05) is 20.3 Å². The first-order valence-corrected chi connectivity index (χ1v) is 8.19. The zero-order valence-electron chi connectivity index (χ0n) is 13.7. The minimum absolute atomic E-state index is 0.0595. The lowest BCUT2D eigenvalue weighted by molar-refractivity contribution is -0.143. The number of rotatable bonds is 11. The third-order valence-corrected chi connectivity index (χ3v) is 3.96. The number of thiol groups is 1. The van der Waals surface area contributed by atoms with Crippen molar-refractivity contribution in [3.05, 3.63) is 0 Å². The summed E-state index contributed by atoms with van der Waals surface area (Å²) in [6, 6.07) is -3.23. The molecule has 0 rings (SSSR count). The number of carboxylic acids is 2. The highest BCUT2D eigenvalue weighted by molar-refractivity contribution is 7.80. The number of amides is 2. The number of carbonyl (C=O) groups is 4. The summed E-state index contributed by atoms with van der Waals surface area (Å²) in [6.45, 7) is 3.49. The van der Waals surface area contributed by atoms with E-state index in [1.807, 2.05) is 0 Å². The normalized spacial score (nSPS) is 15.7. The molecule has 24 heavy (non-hydrogen) atoms. The second kappa shape index (κ2) is 10.9. The first kappa shape index (κ1) is 22.2. The maximum atomic E-state index is 12.2. The van der Waals surface area contributed by atoms with Crippen molar-refractivity contribution in [1.29, 1.82) is 0 Å². The Labute approximate surface area is 145 Å². The van der Waals surface area contributed by atoms with E-state index < -0.39 is 41.9 Å².